The minimum Gasteiger partial charge on any atom is -0.462 e. The van der Waals surface area contributed by atoms with Gasteiger partial charge in [-0.3, -0.25) is 4.79 Å². The average Bonchev–Trinajstić information content (AvgIpc) is 2.83. The van der Waals surface area contributed by atoms with Crippen LogP contribution in [0.15, 0.2) is 36.4 Å². The third kappa shape index (κ3) is 5.67. The monoisotopic (exact) mass is 470 g/mol. The molecule has 2 aromatic rings. The summed E-state index contributed by atoms with van der Waals surface area (Å²) in [6, 6.07) is 8.98. The molecule has 0 saturated carbocycles. The zero-order valence-electron chi connectivity index (χ0n) is 19.5. The first-order valence-corrected chi connectivity index (χ1v) is 10.8. The van der Waals surface area contributed by atoms with Gasteiger partial charge in [-0.05, 0) is 33.8 Å². The number of benzene rings is 2. The van der Waals surface area contributed by atoms with Crippen molar-refractivity contribution in [1.82, 2.24) is 0 Å². The van der Waals surface area contributed by atoms with Gasteiger partial charge in [0, 0.05) is 11.1 Å². The lowest BCUT2D eigenvalue weighted by Crippen LogP contribution is -2.27. The van der Waals surface area contributed by atoms with Crippen molar-refractivity contribution in [2.75, 3.05) is 26.4 Å². The first-order valence-electron chi connectivity index (χ1n) is 10.8. The highest BCUT2D eigenvalue weighted by Gasteiger charge is 2.37. The average molecular weight is 470 g/mol. The Labute approximate surface area is 196 Å². The Hall–Kier alpha value is -4.01. The number of esters is 4. The molecule has 0 aromatic heterocycles. The summed E-state index contributed by atoms with van der Waals surface area (Å²) < 4.78 is 20.3. The number of ether oxygens (including phenoxy) is 4. The molecule has 9 heteroatoms. The Kier molecular flexibility index (Phi) is 9.49. The summed E-state index contributed by atoms with van der Waals surface area (Å²) in [7, 11) is 0. The predicted octanol–water partition coefficient (Wildman–Crippen LogP) is 3.62. The van der Waals surface area contributed by atoms with Gasteiger partial charge in [-0.25, -0.2) is 19.2 Å². The maximum absolute atomic E-state index is 13.4. The third-order valence-corrected chi connectivity index (χ3v) is 4.54. The molecule has 0 N–H and O–H groups in total. The van der Waals surface area contributed by atoms with Gasteiger partial charge < -0.3 is 18.9 Å². The van der Waals surface area contributed by atoms with Crippen LogP contribution in [0.25, 0.3) is 0 Å². The number of carbonyl (C=O) groups is 5. The normalized spacial score (nSPS) is 10.2. The van der Waals surface area contributed by atoms with Gasteiger partial charge in [0.15, 0.2) is 5.78 Å². The van der Waals surface area contributed by atoms with Crippen molar-refractivity contribution < 1.29 is 42.9 Å². The molecule has 2 rings (SSSR count). The number of ketones is 1. The van der Waals surface area contributed by atoms with Gasteiger partial charge in [0.05, 0.1) is 48.7 Å². The van der Waals surface area contributed by atoms with Crippen LogP contribution in [0.3, 0.4) is 0 Å². The lowest BCUT2D eigenvalue weighted by atomic mass is 9.87. The van der Waals surface area contributed by atoms with Gasteiger partial charge >= 0.3 is 23.9 Å². The zero-order valence-corrected chi connectivity index (χ0v) is 19.5. The summed E-state index contributed by atoms with van der Waals surface area (Å²) in [5.74, 6) is -4.84. The number of hydrogen-bond donors (Lipinski definition) is 0. The van der Waals surface area contributed by atoms with E-state index in [2.05, 4.69) is 0 Å². The summed E-state index contributed by atoms with van der Waals surface area (Å²) in [6.07, 6.45) is 0. The second-order valence-electron chi connectivity index (χ2n) is 6.67. The molecule has 9 nitrogen and oxygen atoms in total. The van der Waals surface area contributed by atoms with Crippen LogP contribution in [0.4, 0.5) is 0 Å². The minimum atomic E-state index is -1.10. The second kappa shape index (κ2) is 12.3. The van der Waals surface area contributed by atoms with E-state index in [0.29, 0.717) is 0 Å². The molecule has 0 spiro atoms. The molecule has 0 radical (unpaired) electrons. The molecule has 0 heterocycles. The van der Waals surface area contributed by atoms with E-state index < -0.39 is 51.9 Å². The van der Waals surface area contributed by atoms with E-state index in [0.717, 1.165) is 6.07 Å². The quantitative estimate of drug-likeness (QED) is 0.291. The molecule has 0 saturated heterocycles. The van der Waals surface area contributed by atoms with Crippen LogP contribution in [0.2, 0.25) is 0 Å². The first kappa shape index (κ1) is 26.2. The van der Waals surface area contributed by atoms with Crippen LogP contribution in [0.1, 0.15) is 85.0 Å². The van der Waals surface area contributed by atoms with Gasteiger partial charge in [-0.2, -0.15) is 0 Å². The van der Waals surface area contributed by atoms with Crippen LogP contribution < -0.4 is 0 Å². The van der Waals surface area contributed by atoms with E-state index in [9.17, 15) is 24.0 Å². The topological polar surface area (TPSA) is 122 Å². The van der Waals surface area contributed by atoms with E-state index >= 15 is 0 Å². The van der Waals surface area contributed by atoms with Gasteiger partial charge in [0.2, 0.25) is 0 Å². The summed E-state index contributed by atoms with van der Waals surface area (Å²) in [5.41, 5.74) is -2.17. The summed E-state index contributed by atoms with van der Waals surface area (Å²) in [6.45, 7) is 5.85. The second-order valence-corrected chi connectivity index (χ2v) is 6.67. The Morgan fingerprint density at radius 3 is 1.44 bits per heavy atom. The molecule has 0 bridgehead atoms. The fraction of sp³-hybridized carbons (Fsp3) is 0.320. The Bertz CT molecular complexity index is 1090. The van der Waals surface area contributed by atoms with Crippen LogP contribution in [-0.2, 0) is 18.9 Å². The van der Waals surface area contributed by atoms with Gasteiger partial charge in [-0.1, -0.05) is 30.3 Å². The lowest BCUT2D eigenvalue weighted by molar-refractivity contribution is 0.0443. The van der Waals surface area contributed by atoms with Crippen molar-refractivity contribution in [1.29, 1.82) is 0 Å². The number of hydrogen-bond acceptors (Lipinski definition) is 9. The lowest BCUT2D eigenvalue weighted by Gasteiger charge is -2.19. The fourth-order valence-corrected chi connectivity index (χ4v) is 3.21. The molecule has 0 atom stereocenters. The third-order valence-electron chi connectivity index (χ3n) is 4.54. The van der Waals surface area contributed by atoms with E-state index in [4.69, 9.17) is 18.9 Å². The molecule has 0 aliphatic rings. The van der Waals surface area contributed by atoms with E-state index in [1.807, 2.05) is 0 Å². The van der Waals surface area contributed by atoms with Gasteiger partial charge in [-0.15, -0.1) is 0 Å². The Morgan fingerprint density at radius 2 is 0.971 bits per heavy atom. The highest BCUT2D eigenvalue weighted by Crippen LogP contribution is 2.29. The molecule has 0 unspecified atom stereocenters. The highest BCUT2D eigenvalue weighted by atomic mass is 16.5. The highest BCUT2D eigenvalue weighted by molar-refractivity contribution is 6.22. The molecule has 0 fully saturated rings. The van der Waals surface area contributed by atoms with Gasteiger partial charge in [0.1, 0.15) is 0 Å². The van der Waals surface area contributed by atoms with Gasteiger partial charge in [0.25, 0.3) is 0 Å². The van der Waals surface area contributed by atoms with E-state index in [-0.39, 0.29) is 37.6 Å². The maximum Gasteiger partial charge on any atom is 0.339 e. The van der Waals surface area contributed by atoms with Crippen molar-refractivity contribution in [3.8, 4) is 0 Å². The van der Waals surface area contributed by atoms with Crippen molar-refractivity contribution in [2.45, 2.75) is 27.7 Å². The summed E-state index contributed by atoms with van der Waals surface area (Å²) >= 11 is 0. The van der Waals surface area contributed by atoms with Crippen LogP contribution in [0.5, 0.6) is 0 Å². The SMILES string of the molecule is CCOC(=O)c1cc(C(=O)c2ccccc2)c(C(=O)OCC)c(C(=O)OCC)c1C(=O)OCC. The molecule has 0 amide bonds. The largest absolute Gasteiger partial charge is 0.462 e. The summed E-state index contributed by atoms with van der Waals surface area (Å²) in [5, 5.41) is 0. The standard InChI is InChI=1S/C25H26O9/c1-5-31-22(27)17-14-16(21(26)15-12-10-9-11-13-15)18(23(28)32-6-2)20(25(30)34-8-4)19(17)24(29)33-7-3/h9-14H,5-8H2,1-4H3. The van der Waals surface area contributed by atoms with Crippen molar-refractivity contribution in [3.05, 3.63) is 69.8 Å². The summed E-state index contributed by atoms with van der Waals surface area (Å²) in [4.78, 5) is 65.2. The molecule has 0 aliphatic heterocycles. The fourth-order valence-electron chi connectivity index (χ4n) is 3.21. The number of carbonyl (C=O) groups excluding carboxylic acids is 5. The molecule has 180 valence electrons. The Balaban J connectivity index is 3.05. The van der Waals surface area contributed by atoms with Crippen LogP contribution in [0, 0.1) is 0 Å². The molecular formula is C25H26O9. The zero-order chi connectivity index (χ0) is 25.3. The van der Waals surface area contributed by atoms with Crippen molar-refractivity contribution in [2.24, 2.45) is 0 Å². The van der Waals surface area contributed by atoms with Crippen LogP contribution >= 0.6 is 0 Å². The first-order chi connectivity index (χ1) is 16.3. The van der Waals surface area contributed by atoms with Crippen molar-refractivity contribution in [3.63, 3.8) is 0 Å². The molecule has 2 aromatic carbocycles. The molecule has 0 aliphatic carbocycles. The minimum absolute atomic E-state index is 0.0442. The Morgan fingerprint density at radius 1 is 0.559 bits per heavy atom. The van der Waals surface area contributed by atoms with Crippen LogP contribution in [-0.4, -0.2) is 56.1 Å². The molecule has 34 heavy (non-hydrogen) atoms. The smallest absolute Gasteiger partial charge is 0.339 e. The van der Waals surface area contributed by atoms with E-state index in [1.54, 1.807) is 32.0 Å². The molecular weight excluding hydrogens is 444 g/mol. The number of rotatable bonds is 10. The van der Waals surface area contributed by atoms with Crippen molar-refractivity contribution >= 4 is 29.7 Å². The predicted molar refractivity (Wildman–Crippen MR) is 120 cm³/mol. The van der Waals surface area contributed by atoms with E-state index in [1.165, 1.54) is 26.0 Å². The maximum atomic E-state index is 13.4.